The van der Waals surface area contributed by atoms with Gasteiger partial charge in [0.25, 0.3) is 0 Å². The summed E-state index contributed by atoms with van der Waals surface area (Å²) in [5.74, 6) is -1.09. The average Bonchev–Trinajstić information content (AvgIpc) is 3.12. The van der Waals surface area contributed by atoms with Crippen molar-refractivity contribution in [2.24, 2.45) is 0 Å². The first-order valence-electron chi connectivity index (χ1n) is 7.68. The van der Waals surface area contributed by atoms with E-state index in [-0.39, 0.29) is 23.1 Å². The zero-order chi connectivity index (χ0) is 19.2. The number of rotatable bonds is 8. The molecule has 0 amide bonds. The number of Topliss-reactive ketones (excluding diaryl/α,β-unsaturated/α-hetero) is 2. The molecule has 0 aliphatic rings. The Labute approximate surface area is 166 Å². The number of hydrogen-bond acceptors (Lipinski definition) is 7. The third kappa shape index (κ3) is 5.69. The van der Waals surface area contributed by atoms with E-state index in [9.17, 15) is 18.4 Å². The molecule has 0 radical (unpaired) electrons. The number of nitrogens with zero attached hydrogens (tertiary/aromatic N) is 2. The summed E-state index contributed by atoms with van der Waals surface area (Å²) in [7, 11) is 0. The van der Waals surface area contributed by atoms with Gasteiger partial charge in [-0.15, -0.1) is 10.2 Å². The molecule has 0 aliphatic carbocycles. The number of carbonyl (C=O) groups is 2. The van der Waals surface area contributed by atoms with Crippen molar-refractivity contribution in [3.8, 4) is 0 Å². The monoisotopic (exact) mass is 422 g/mol. The zero-order valence-electron chi connectivity index (χ0n) is 13.7. The van der Waals surface area contributed by atoms with Gasteiger partial charge in [0.15, 0.2) is 20.2 Å². The van der Waals surface area contributed by atoms with Crippen LogP contribution >= 0.6 is 34.9 Å². The molecule has 0 spiro atoms. The summed E-state index contributed by atoms with van der Waals surface area (Å²) in [4.78, 5) is 24.1. The largest absolute Gasteiger partial charge is 0.293 e. The molecule has 1 heterocycles. The molecule has 2 aromatic carbocycles. The van der Waals surface area contributed by atoms with Crippen LogP contribution in [0.15, 0.2) is 57.2 Å². The molecule has 0 atom stereocenters. The van der Waals surface area contributed by atoms with E-state index in [1.54, 1.807) is 12.1 Å². The molecule has 0 bridgehead atoms. The van der Waals surface area contributed by atoms with Crippen LogP contribution in [0.25, 0.3) is 0 Å². The SMILES string of the molecule is O=C(CSc1nnc(SCC(=O)c2cccc(F)c2)s1)c1cccc(F)c1. The number of aromatic nitrogens is 2. The average molecular weight is 423 g/mol. The minimum atomic E-state index is -0.455. The van der Waals surface area contributed by atoms with Gasteiger partial charge in [0.05, 0.1) is 11.5 Å². The first-order valence-corrected chi connectivity index (χ1v) is 10.5. The Morgan fingerprint density at radius 1 is 0.815 bits per heavy atom. The van der Waals surface area contributed by atoms with Crippen molar-refractivity contribution in [3.05, 3.63) is 71.3 Å². The Morgan fingerprint density at radius 2 is 1.26 bits per heavy atom. The molecule has 3 rings (SSSR count). The summed E-state index contributed by atoms with van der Waals surface area (Å²) in [6.07, 6.45) is 0. The maximum atomic E-state index is 13.2. The highest BCUT2D eigenvalue weighted by Gasteiger charge is 2.13. The third-order valence-corrected chi connectivity index (χ3v) is 6.52. The molecule has 9 heteroatoms. The fraction of sp³-hybridized carbons (Fsp3) is 0.111. The van der Waals surface area contributed by atoms with Gasteiger partial charge in [0, 0.05) is 11.1 Å². The van der Waals surface area contributed by atoms with Crippen LogP contribution in [0.5, 0.6) is 0 Å². The smallest absolute Gasteiger partial charge is 0.175 e. The minimum absolute atomic E-state index is 0.116. The van der Waals surface area contributed by atoms with Crippen molar-refractivity contribution in [1.29, 1.82) is 0 Å². The van der Waals surface area contributed by atoms with Gasteiger partial charge in [-0.25, -0.2) is 8.78 Å². The lowest BCUT2D eigenvalue weighted by Gasteiger charge is -1.99. The number of carbonyl (C=O) groups excluding carboxylic acids is 2. The second-order valence-electron chi connectivity index (χ2n) is 5.28. The van der Waals surface area contributed by atoms with Crippen molar-refractivity contribution in [2.75, 3.05) is 11.5 Å². The van der Waals surface area contributed by atoms with Gasteiger partial charge < -0.3 is 0 Å². The predicted molar refractivity (Wildman–Crippen MR) is 103 cm³/mol. The van der Waals surface area contributed by atoms with Crippen LogP contribution in [0, 0.1) is 11.6 Å². The van der Waals surface area contributed by atoms with Crippen molar-refractivity contribution in [2.45, 2.75) is 8.68 Å². The number of thioether (sulfide) groups is 2. The minimum Gasteiger partial charge on any atom is -0.293 e. The topological polar surface area (TPSA) is 59.9 Å². The molecule has 0 saturated heterocycles. The molecular formula is C18H12F2N2O2S3. The maximum Gasteiger partial charge on any atom is 0.175 e. The summed E-state index contributed by atoms with van der Waals surface area (Å²) in [6.45, 7) is 0. The molecule has 0 N–H and O–H groups in total. The molecule has 4 nitrogen and oxygen atoms in total. The summed E-state index contributed by atoms with van der Waals surface area (Å²) < 4.78 is 27.5. The van der Waals surface area contributed by atoms with E-state index >= 15 is 0 Å². The van der Waals surface area contributed by atoms with Gasteiger partial charge in [0.1, 0.15) is 11.6 Å². The van der Waals surface area contributed by atoms with Gasteiger partial charge in [-0.3, -0.25) is 9.59 Å². The number of ketones is 2. The van der Waals surface area contributed by atoms with Gasteiger partial charge in [-0.1, -0.05) is 59.1 Å². The summed E-state index contributed by atoms with van der Waals surface area (Å²) >= 11 is 3.68. The summed E-state index contributed by atoms with van der Waals surface area (Å²) in [5.41, 5.74) is 0.615. The molecule has 0 fully saturated rings. The molecule has 0 saturated carbocycles. The molecule has 138 valence electrons. The second kappa shape index (κ2) is 9.20. The Morgan fingerprint density at radius 3 is 1.67 bits per heavy atom. The Balaban J connectivity index is 1.51. The van der Waals surface area contributed by atoms with Gasteiger partial charge in [-0.05, 0) is 24.3 Å². The van der Waals surface area contributed by atoms with Gasteiger partial charge >= 0.3 is 0 Å². The van der Waals surface area contributed by atoms with Crippen LogP contribution in [0.4, 0.5) is 8.78 Å². The van der Waals surface area contributed by atoms with E-state index < -0.39 is 11.6 Å². The number of hydrogen-bond donors (Lipinski definition) is 0. The molecule has 0 aliphatic heterocycles. The van der Waals surface area contributed by atoms with E-state index in [0.717, 1.165) is 0 Å². The van der Waals surface area contributed by atoms with Crippen molar-refractivity contribution in [3.63, 3.8) is 0 Å². The summed E-state index contributed by atoms with van der Waals surface area (Å²) in [5, 5.41) is 7.95. The van der Waals surface area contributed by atoms with Crippen LogP contribution in [0.1, 0.15) is 20.7 Å². The highest BCUT2D eigenvalue weighted by Crippen LogP contribution is 2.29. The van der Waals surface area contributed by atoms with Crippen LogP contribution in [0.2, 0.25) is 0 Å². The lowest BCUT2D eigenvalue weighted by Crippen LogP contribution is -2.02. The summed E-state index contributed by atoms with van der Waals surface area (Å²) in [6, 6.07) is 11.1. The Kier molecular flexibility index (Phi) is 6.70. The van der Waals surface area contributed by atoms with Crippen molar-refractivity contribution < 1.29 is 18.4 Å². The first-order chi connectivity index (χ1) is 13.0. The van der Waals surface area contributed by atoms with E-state index in [0.29, 0.717) is 19.8 Å². The second-order valence-corrected chi connectivity index (χ2v) is 8.70. The number of benzene rings is 2. The zero-order valence-corrected chi connectivity index (χ0v) is 16.2. The predicted octanol–water partition coefficient (Wildman–Crippen LogP) is 4.77. The van der Waals surface area contributed by atoms with Crippen LogP contribution in [0.3, 0.4) is 0 Å². The standard InChI is InChI=1S/C18H12F2N2O2S3/c19-13-5-1-3-11(7-13)15(23)9-25-17-21-22-18(27-17)26-10-16(24)12-4-2-6-14(20)8-12/h1-8H,9-10H2. The van der Waals surface area contributed by atoms with Gasteiger partial charge in [0.2, 0.25) is 0 Å². The lowest BCUT2D eigenvalue weighted by atomic mass is 10.1. The Hall–Kier alpha value is -2.10. The van der Waals surface area contributed by atoms with Crippen molar-refractivity contribution >= 4 is 46.4 Å². The molecular weight excluding hydrogens is 410 g/mol. The first kappa shape index (κ1) is 19.7. The fourth-order valence-corrected chi connectivity index (χ4v) is 4.87. The highest BCUT2D eigenvalue weighted by atomic mass is 32.2. The quantitative estimate of drug-likeness (QED) is 0.385. The van der Waals surface area contributed by atoms with E-state index in [1.807, 2.05) is 0 Å². The van der Waals surface area contributed by atoms with Crippen LogP contribution < -0.4 is 0 Å². The highest BCUT2D eigenvalue weighted by molar-refractivity contribution is 8.03. The van der Waals surface area contributed by atoms with Crippen molar-refractivity contribution in [1.82, 2.24) is 10.2 Å². The maximum absolute atomic E-state index is 13.2. The fourth-order valence-electron chi connectivity index (χ4n) is 2.06. The normalized spacial score (nSPS) is 10.7. The van der Waals surface area contributed by atoms with Crippen LogP contribution in [-0.2, 0) is 0 Å². The van der Waals surface area contributed by atoms with E-state index in [4.69, 9.17) is 0 Å². The molecule has 27 heavy (non-hydrogen) atoms. The lowest BCUT2D eigenvalue weighted by molar-refractivity contribution is 0.101. The number of halogens is 2. The van der Waals surface area contributed by atoms with Crippen LogP contribution in [-0.4, -0.2) is 33.3 Å². The molecule has 1 aromatic heterocycles. The van der Waals surface area contributed by atoms with E-state index in [2.05, 4.69) is 10.2 Å². The molecule has 3 aromatic rings. The third-order valence-electron chi connectivity index (χ3n) is 3.33. The van der Waals surface area contributed by atoms with Gasteiger partial charge in [-0.2, -0.15) is 0 Å². The Bertz CT molecular complexity index is 903. The molecule has 0 unspecified atom stereocenters. The van der Waals surface area contributed by atoms with E-state index in [1.165, 1.54) is 71.3 Å².